The summed E-state index contributed by atoms with van der Waals surface area (Å²) < 4.78 is 0. The van der Waals surface area contributed by atoms with Crippen LogP contribution in [0.25, 0.3) is 22.4 Å². The van der Waals surface area contributed by atoms with Gasteiger partial charge in [0.1, 0.15) is 5.69 Å². The summed E-state index contributed by atoms with van der Waals surface area (Å²) in [6, 6.07) is 20.2. The van der Waals surface area contributed by atoms with Gasteiger partial charge in [-0.25, -0.2) is 0 Å². The summed E-state index contributed by atoms with van der Waals surface area (Å²) in [5.74, 6) is 1.25. The molecule has 3 aliphatic rings. The molecular weight excluding hydrogens is 538 g/mol. The molecule has 4 N–H and O–H groups in total. The van der Waals surface area contributed by atoms with Crippen molar-refractivity contribution in [1.29, 1.82) is 0 Å². The Balaban J connectivity index is 1.13. The van der Waals surface area contributed by atoms with Crippen LogP contribution in [0.3, 0.4) is 0 Å². The Morgan fingerprint density at radius 1 is 0.953 bits per heavy atom. The lowest BCUT2D eigenvalue weighted by Crippen LogP contribution is -2.58. The number of carbonyl (C=O) groups excluding carboxylic acids is 2. The number of hydrogen-bond donors (Lipinski definition) is 3. The average molecular weight is 582 g/mol. The second kappa shape index (κ2) is 11.8. The first-order valence-electron chi connectivity index (χ1n) is 15.8. The first-order valence-corrected chi connectivity index (χ1v) is 15.8. The molecule has 0 unspecified atom stereocenters. The smallest absolute Gasteiger partial charge is 0.225 e. The Hall–Kier alpha value is -3.62. The molecule has 3 saturated carbocycles. The van der Waals surface area contributed by atoms with Gasteiger partial charge < -0.3 is 21.1 Å². The first kappa shape index (κ1) is 29.5. The normalized spacial score (nSPS) is 26.8. The number of carbonyl (C=O) groups is 2. The molecule has 8 nitrogen and oxygen atoms in total. The highest BCUT2D eigenvalue weighted by Gasteiger charge is 2.49. The van der Waals surface area contributed by atoms with Gasteiger partial charge in [-0.1, -0.05) is 54.6 Å². The van der Waals surface area contributed by atoms with Gasteiger partial charge in [-0.2, -0.15) is 0 Å². The number of nitrogens with two attached hydrogens (primary N) is 1. The van der Waals surface area contributed by atoms with Crippen molar-refractivity contribution in [3.8, 4) is 22.4 Å². The van der Waals surface area contributed by atoms with Gasteiger partial charge in [0.15, 0.2) is 5.82 Å². The maximum absolute atomic E-state index is 13.1. The number of anilines is 1. The van der Waals surface area contributed by atoms with Crippen LogP contribution in [0, 0.1) is 11.8 Å². The van der Waals surface area contributed by atoms with Crippen molar-refractivity contribution >= 4 is 17.6 Å². The molecule has 0 radical (unpaired) electrons. The van der Waals surface area contributed by atoms with Crippen molar-refractivity contribution in [1.82, 2.24) is 15.1 Å². The van der Waals surface area contributed by atoms with E-state index in [1.54, 1.807) is 0 Å². The molecule has 3 aromatic rings. The third-order valence-corrected chi connectivity index (χ3v) is 9.55. The summed E-state index contributed by atoms with van der Waals surface area (Å²) in [5.41, 5.74) is 9.80. The number of benzene rings is 2. The van der Waals surface area contributed by atoms with E-state index in [4.69, 9.17) is 5.73 Å². The summed E-state index contributed by atoms with van der Waals surface area (Å²) in [6.07, 6.45) is 7.38. The van der Waals surface area contributed by atoms with Gasteiger partial charge in [0.05, 0.1) is 5.60 Å². The Kier molecular flexibility index (Phi) is 8.09. The van der Waals surface area contributed by atoms with Crippen molar-refractivity contribution in [2.45, 2.75) is 88.8 Å². The number of aliphatic hydroxyl groups is 1. The van der Waals surface area contributed by atoms with Crippen LogP contribution in [0.1, 0.15) is 77.2 Å². The maximum atomic E-state index is 13.1. The van der Waals surface area contributed by atoms with Gasteiger partial charge >= 0.3 is 0 Å². The summed E-state index contributed by atoms with van der Waals surface area (Å²) >= 11 is 0. The molecule has 2 amide bonds. The lowest BCUT2D eigenvalue weighted by molar-refractivity contribution is -0.135. The van der Waals surface area contributed by atoms with Gasteiger partial charge in [0, 0.05) is 41.6 Å². The standard InChI is InChI=1S/C35H43N5O3/c1-3-40(33(42)26-11-12-26)28-17-9-23(10-18-28)19-31(41)37-30-20-29(24-7-5-4-6-8-24)32(39-38-30)25-13-15-27(16-14-25)35(36)21-34(2,43)22-35/h4-8,13-16,20,23,26,28,43H,3,9-12,17-19,21-22,36H2,1-2H3,(H,37,38,41)/t23-,28-,34?,35?. The van der Waals surface area contributed by atoms with Gasteiger partial charge in [0.25, 0.3) is 0 Å². The first-order chi connectivity index (χ1) is 20.6. The number of nitrogens with zero attached hydrogens (tertiary/aromatic N) is 3. The largest absolute Gasteiger partial charge is 0.390 e. The van der Waals surface area contributed by atoms with Crippen molar-refractivity contribution in [2.75, 3.05) is 11.9 Å². The average Bonchev–Trinajstić information content (AvgIpc) is 3.84. The zero-order valence-corrected chi connectivity index (χ0v) is 25.3. The Morgan fingerprint density at radius 3 is 2.23 bits per heavy atom. The zero-order chi connectivity index (χ0) is 30.2. The number of amides is 2. The summed E-state index contributed by atoms with van der Waals surface area (Å²) in [7, 11) is 0. The van der Waals surface area contributed by atoms with E-state index in [1.807, 2.05) is 67.6 Å². The van der Waals surface area contributed by atoms with E-state index in [-0.39, 0.29) is 11.8 Å². The van der Waals surface area contributed by atoms with Crippen molar-refractivity contribution in [3.05, 3.63) is 66.2 Å². The molecule has 1 heterocycles. The van der Waals surface area contributed by atoms with Crippen LogP contribution in [-0.2, 0) is 15.1 Å². The van der Waals surface area contributed by atoms with Gasteiger partial charge in [-0.3, -0.25) is 9.59 Å². The van der Waals surface area contributed by atoms with Crippen LogP contribution < -0.4 is 11.1 Å². The number of aromatic nitrogens is 2. The van der Waals surface area contributed by atoms with Crippen LogP contribution in [0.2, 0.25) is 0 Å². The van der Waals surface area contributed by atoms with Crippen molar-refractivity contribution in [2.24, 2.45) is 17.6 Å². The van der Waals surface area contributed by atoms with E-state index in [2.05, 4.69) is 27.3 Å². The summed E-state index contributed by atoms with van der Waals surface area (Å²) in [4.78, 5) is 27.8. The van der Waals surface area contributed by atoms with Crippen molar-refractivity contribution in [3.63, 3.8) is 0 Å². The molecule has 3 fully saturated rings. The van der Waals surface area contributed by atoms with E-state index >= 15 is 0 Å². The monoisotopic (exact) mass is 581 g/mol. The lowest BCUT2D eigenvalue weighted by Gasteiger charge is -2.49. The van der Waals surface area contributed by atoms with E-state index < -0.39 is 11.1 Å². The van der Waals surface area contributed by atoms with Crippen LogP contribution in [0.4, 0.5) is 5.82 Å². The molecule has 3 aliphatic carbocycles. The second-order valence-corrected chi connectivity index (χ2v) is 13.3. The number of hydrogen-bond acceptors (Lipinski definition) is 6. The fourth-order valence-electron chi connectivity index (χ4n) is 7.25. The van der Waals surface area contributed by atoms with E-state index in [0.29, 0.717) is 42.9 Å². The van der Waals surface area contributed by atoms with Crippen molar-refractivity contribution < 1.29 is 14.7 Å². The maximum Gasteiger partial charge on any atom is 0.225 e. The highest BCUT2D eigenvalue weighted by atomic mass is 16.3. The summed E-state index contributed by atoms with van der Waals surface area (Å²) in [5, 5.41) is 22.2. The topological polar surface area (TPSA) is 121 Å². The molecule has 0 atom stereocenters. The Morgan fingerprint density at radius 2 is 1.63 bits per heavy atom. The molecule has 1 aromatic heterocycles. The molecule has 0 saturated heterocycles. The number of nitrogens with one attached hydrogen (secondary N) is 1. The molecule has 0 bridgehead atoms. The highest BCUT2D eigenvalue weighted by Crippen LogP contribution is 2.46. The molecular formula is C35H43N5O3. The van der Waals surface area contributed by atoms with E-state index in [9.17, 15) is 14.7 Å². The zero-order valence-electron chi connectivity index (χ0n) is 25.3. The van der Waals surface area contributed by atoms with Gasteiger partial charge in [-0.15, -0.1) is 10.2 Å². The number of rotatable bonds is 9. The molecule has 43 heavy (non-hydrogen) atoms. The predicted molar refractivity (Wildman–Crippen MR) is 168 cm³/mol. The third kappa shape index (κ3) is 6.50. The molecule has 6 rings (SSSR count). The Labute approximate surface area is 254 Å². The van der Waals surface area contributed by atoms with E-state index in [1.165, 1.54) is 0 Å². The van der Waals surface area contributed by atoms with Crippen LogP contribution in [-0.4, -0.2) is 50.2 Å². The molecule has 0 aliphatic heterocycles. The molecule has 0 spiro atoms. The summed E-state index contributed by atoms with van der Waals surface area (Å²) in [6.45, 7) is 4.66. The third-order valence-electron chi connectivity index (χ3n) is 9.55. The molecule has 2 aromatic carbocycles. The highest BCUT2D eigenvalue weighted by molar-refractivity contribution is 5.91. The predicted octanol–water partition coefficient (Wildman–Crippen LogP) is 5.66. The fourth-order valence-corrected chi connectivity index (χ4v) is 7.25. The minimum atomic E-state index is -0.717. The SMILES string of the molecule is CCN(C(=O)C1CC1)[C@H]1CC[C@H](CC(=O)Nc2cc(-c3ccccc3)c(-c3ccc(C4(N)CC(C)(O)C4)cc3)nn2)CC1. The van der Waals surface area contributed by atoms with Crippen LogP contribution >= 0.6 is 0 Å². The minimum Gasteiger partial charge on any atom is -0.390 e. The van der Waals surface area contributed by atoms with Gasteiger partial charge in [0.2, 0.25) is 11.8 Å². The fraction of sp³-hybridized carbons (Fsp3) is 0.486. The van der Waals surface area contributed by atoms with E-state index in [0.717, 1.165) is 73.0 Å². The Bertz CT molecular complexity index is 1450. The quantitative estimate of drug-likeness (QED) is 0.300. The van der Waals surface area contributed by atoms with Crippen LogP contribution in [0.5, 0.6) is 0 Å². The second-order valence-electron chi connectivity index (χ2n) is 13.3. The molecule has 8 heteroatoms. The van der Waals surface area contributed by atoms with Crippen LogP contribution in [0.15, 0.2) is 60.7 Å². The molecule has 226 valence electrons. The van der Waals surface area contributed by atoms with Gasteiger partial charge in [-0.05, 0) is 88.3 Å². The minimum absolute atomic E-state index is 0.0557. The lowest BCUT2D eigenvalue weighted by atomic mass is 9.63.